The van der Waals surface area contributed by atoms with Crippen LogP contribution in [-0.4, -0.2) is 57.9 Å². The first-order chi connectivity index (χ1) is 12.5. The molecule has 27 heavy (non-hydrogen) atoms. The van der Waals surface area contributed by atoms with Crippen molar-refractivity contribution < 1.29 is 27.4 Å². The first-order valence-corrected chi connectivity index (χ1v) is 10.2. The van der Waals surface area contributed by atoms with Crippen molar-refractivity contribution in [1.29, 1.82) is 0 Å². The first kappa shape index (κ1) is 21.3. The predicted molar refractivity (Wildman–Crippen MR) is 101 cm³/mol. The lowest BCUT2D eigenvalue weighted by molar-refractivity contribution is 0.0236. The van der Waals surface area contributed by atoms with Gasteiger partial charge in [0.15, 0.2) is 0 Å². The predicted octanol–water partition coefficient (Wildman–Crippen LogP) is 2.38. The van der Waals surface area contributed by atoms with Gasteiger partial charge < -0.3 is 19.1 Å². The van der Waals surface area contributed by atoms with E-state index >= 15 is 0 Å². The molecule has 8 nitrogen and oxygen atoms in total. The van der Waals surface area contributed by atoms with Gasteiger partial charge in [-0.15, -0.1) is 0 Å². The average Bonchev–Trinajstić information content (AvgIpc) is 2.92. The van der Waals surface area contributed by atoms with Gasteiger partial charge in [-0.3, -0.25) is 0 Å². The second kappa shape index (κ2) is 7.93. The van der Waals surface area contributed by atoms with Gasteiger partial charge in [-0.25, -0.2) is 17.9 Å². The maximum atomic E-state index is 12.9. The summed E-state index contributed by atoms with van der Waals surface area (Å²) in [6.07, 6.45) is 0.0424. The Morgan fingerprint density at radius 3 is 2.44 bits per heavy atom. The fourth-order valence-electron chi connectivity index (χ4n) is 2.97. The molecule has 9 heteroatoms. The number of rotatable bonds is 5. The molecular weight excluding hydrogens is 372 g/mol. The Kier molecular flexibility index (Phi) is 6.26. The normalized spacial score (nSPS) is 20.4. The summed E-state index contributed by atoms with van der Waals surface area (Å²) in [5.74, 6) is 0.629. The van der Waals surface area contributed by atoms with Crippen molar-refractivity contribution in [3.8, 4) is 11.5 Å². The molecule has 0 aromatic heterocycles. The topological polar surface area (TPSA) is 94.2 Å². The smallest absolute Gasteiger partial charge is 0.410 e. The summed E-state index contributed by atoms with van der Waals surface area (Å²) in [5.41, 5.74) is -0.609. The number of hydrogen-bond acceptors (Lipinski definition) is 6. The van der Waals surface area contributed by atoms with E-state index < -0.39 is 27.8 Å². The number of hydrogen-bond donors (Lipinski definition) is 1. The van der Waals surface area contributed by atoms with E-state index in [9.17, 15) is 13.2 Å². The quantitative estimate of drug-likeness (QED) is 0.816. The molecule has 2 atom stereocenters. The molecule has 1 heterocycles. The van der Waals surface area contributed by atoms with E-state index in [2.05, 4.69) is 4.72 Å². The van der Waals surface area contributed by atoms with Crippen LogP contribution >= 0.6 is 0 Å². The van der Waals surface area contributed by atoms with Crippen molar-refractivity contribution in [2.75, 3.05) is 20.8 Å². The van der Waals surface area contributed by atoms with Gasteiger partial charge in [-0.1, -0.05) is 0 Å². The van der Waals surface area contributed by atoms with E-state index in [1.807, 2.05) is 6.92 Å². The monoisotopic (exact) mass is 400 g/mol. The number of carbonyl (C=O) groups excluding carboxylic acids is 1. The van der Waals surface area contributed by atoms with Gasteiger partial charge in [-0.05, 0) is 46.2 Å². The Bertz CT molecular complexity index is 788. The molecule has 0 spiro atoms. The zero-order chi connectivity index (χ0) is 20.4. The van der Waals surface area contributed by atoms with E-state index in [0.29, 0.717) is 12.2 Å². The van der Waals surface area contributed by atoms with E-state index in [1.165, 1.54) is 26.4 Å². The molecule has 0 aliphatic carbocycles. The highest BCUT2D eigenvalue weighted by molar-refractivity contribution is 7.89. The number of carbonyl (C=O) groups is 1. The van der Waals surface area contributed by atoms with Gasteiger partial charge >= 0.3 is 6.09 Å². The highest BCUT2D eigenvalue weighted by Gasteiger charge is 2.37. The number of nitrogens with zero attached hydrogens (tertiary/aromatic N) is 1. The summed E-state index contributed by atoms with van der Waals surface area (Å²) in [6.45, 7) is 7.48. The fraction of sp³-hybridized carbons (Fsp3) is 0.611. The summed E-state index contributed by atoms with van der Waals surface area (Å²) in [5, 5.41) is 0. The minimum absolute atomic E-state index is 0.00674. The van der Waals surface area contributed by atoms with Crippen molar-refractivity contribution in [3.05, 3.63) is 18.2 Å². The highest BCUT2D eigenvalue weighted by Crippen LogP contribution is 2.29. The Labute approximate surface area is 160 Å². The Morgan fingerprint density at radius 1 is 1.22 bits per heavy atom. The molecule has 1 saturated heterocycles. The van der Waals surface area contributed by atoms with Gasteiger partial charge in [0, 0.05) is 24.7 Å². The van der Waals surface area contributed by atoms with Crippen molar-refractivity contribution in [2.45, 2.75) is 56.7 Å². The largest absolute Gasteiger partial charge is 0.497 e. The van der Waals surface area contributed by atoms with Crippen molar-refractivity contribution in [2.24, 2.45) is 0 Å². The van der Waals surface area contributed by atoms with E-state index in [4.69, 9.17) is 14.2 Å². The molecule has 1 aromatic carbocycles. The third-order valence-corrected chi connectivity index (χ3v) is 5.73. The lowest BCUT2D eigenvalue weighted by atomic mass is 10.2. The molecule has 1 amide bonds. The van der Waals surface area contributed by atoms with Gasteiger partial charge in [0.05, 0.1) is 14.2 Å². The van der Waals surface area contributed by atoms with E-state index in [-0.39, 0.29) is 23.2 Å². The number of methoxy groups -OCH3 is 2. The average molecular weight is 400 g/mol. The second-order valence-electron chi connectivity index (χ2n) is 7.55. The van der Waals surface area contributed by atoms with E-state index in [0.717, 1.165) is 0 Å². The van der Waals surface area contributed by atoms with Crippen molar-refractivity contribution in [1.82, 2.24) is 9.62 Å². The van der Waals surface area contributed by atoms with Crippen LogP contribution in [0, 0.1) is 0 Å². The van der Waals surface area contributed by atoms with Crippen LogP contribution in [0.3, 0.4) is 0 Å². The Hall–Kier alpha value is -2.00. The minimum atomic E-state index is -3.86. The summed E-state index contributed by atoms with van der Waals surface area (Å²) < 4.78 is 44.1. The van der Waals surface area contributed by atoms with Crippen LogP contribution in [0.5, 0.6) is 11.5 Å². The molecule has 1 fully saturated rings. The van der Waals surface area contributed by atoms with Crippen LogP contribution in [0.4, 0.5) is 4.79 Å². The molecule has 1 unspecified atom stereocenters. The molecule has 1 N–H and O–H groups in total. The third-order valence-electron chi connectivity index (χ3n) is 4.18. The zero-order valence-corrected chi connectivity index (χ0v) is 17.4. The molecule has 0 saturated carbocycles. The first-order valence-electron chi connectivity index (χ1n) is 8.71. The molecule has 152 valence electrons. The van der Waals surface area contributed by atoms with Crippen LogP contribution in [0.25, 0.3) is 0 Å². The third kappa shape index (κ3) is 5.26. The van der Waals surface area contributed by atoms with Crippen molar-refractivity contribution >= 4 is 16.1 Å². The fourth-order valence-corrected chi connectivity index (χ4v) is 4.39. The molecule has 1 aromatic rings. The minimum Gasteiger partial charge on any atom is -0.497 e. The summed E-state index contributed by atoms with van der Waals surface area (Å²) >= 11 is 0. The number of sulfonamides is 1. The Balaban J connectivity index is 2.16. The van der Waals surface area contributed by atoms with Gasteiger partial charge in [0.2, 0.25) is 10.0 Å². The number of amides is 1. The highest BCUT2D eigenvalue weighted by atomic mass is 32.2. The lowest BCUT2D eigenvalue weighted by Gasteiger charge is -2.27. The molecule has 0 radical (unpaired) electrons. The summed E-state index contributed by atoms with van der Waals surface area (Å²) in [4.78, 5) is 13.9. The molecular formula is C18H28N2O6S. The summed E-state index contributed by atoms with van der Waals surface area (Å²) in [6, 6.07) is 4.01. The van der Waals surface area contributed by atoms with Gasteiger partial charge in [0.25, 0.3) is 0 Å². The second-order valence-corrected chi connectivity index (χ2v) is 9.23. The number of likely N-dealkylation sites (tertiary alicyclic amines) is 1. The zero-order valence-electron chi connectivity index (χ0n) is 16.6. The molecule has 0 bridgehead atoms. The standard InChI is InChI=1S/C18H28N2O6S/c1-12-9-13(11-20(12)17(21)26-18(2,3)4)19-27(22,23)16-10-14(24-5)7-8-15(16)25-6/h7-8,10,12-13,19H,9,11H2,1-6H3/t12?,13-/m1/s1. The van der Waals surface area contributed by atoms with E-state index in [1.54, 1.807) is 31.7 Å². The molecule has 1 aliphatic rings. The van der Waals surface area contributed by atoms with Gasteiger partial charge in [0.1, 0.15) is 22.0 Å². The molecule has 2 rings (SSSR count). The number of benzene rings is 1. The van der Waals surface area contributed by atoms with Crippen LogP contribution in [0.15, 0.2) is 23.1 Å². The number of nitrogens with one attached hydrogen (secondary N) is 1. The number of ether oxygens (including phenoxy) is 3. The summed E-state index contributed by atoms with van der Waals surface area (Å²) in [7, 11) is -0.994. The Morgan fingerprint density at radius 2 is 1.89 bits per heavy atom. The SMILES string of the molecule is COc1ccc(OC)c(S(=O)(=O)N[C@@H]2CC(C)N(C(=O)OC(C)(C)C)C2)c1. The van der Waals surface area contributed by atoms with Crippen LogP contribution < -0.4 is 14.2 Å². The van der Waals surface area contributed by atoms with Crippen LogP contribution in [0.1, 0.15) is 34.1 Å². The maximum Gasteiger partial charge on any atom is 0.410 e. The molecule has 1 aliphatic heterocycles. The maximum absolute atomic E-state index is 12.9. The van der Waals surface area contributed by atoms with Crippen LogP contribution in [-0.2, 0) is 14.8 Å². The lowest BCUT2D eigenvalue weighted by Crippen LogP contribution is -2.41. The van der Waals surface area contributed by atoms with Crippen LogP contribution in [0.2, 0.25) is 0 Å². The van der Waals surface area contributed by atoms with Crippen molar-refractivity contribution in [3.63, 3.8) is 0 Å². The van der Waals surface area contributed by atoms with Gasteiger partial charge in [-0.2, -0.15) is 0 Å².